The molecule has 0 fully saturated rings. The number of thiophene rings is 1. The number of nitrogens with one attached hydrogen (secondary N) is 3. The highest BCUT2D eigenvalue weighted by Crippen LogP contribution is 2.23. The van der Waals surface area contributed by atoms with Crippen LogP contribution >= 0.6 is 11.3 Å². The summed E-state index contributed by atoms with van der Waals surface area (Å²) in [6.07, 6.45) is 2.33. The van der Waals surface area contributed by atoms with Crippen LogP contribution in [0.25, 0.3) is 0 Å². The van der Waals surface area contributed by atoms with Gasteiger partial charge in [0.15, 0.2) is 0 Å². The number of amides is 3. The number of aromatic nitrogens is 1. The fourth-order valence-corrected chi connectivity index (χ4v) is 2.95. The number of carbonyl (C=O) groups is 2. The van der Waals surface area contributed by atoms with Gasteiger partial charge in [-0.05, 0) is 38.7 Å². The average molecular weight is 376 g/mol. The fourth-order valence-electron chi connectivity index (χ4n) is 2.28. The molecule has 2 aromatic rings. The maximum atomic E-state index is 12.3. The molecule has 0 saturated carbocycles. The van der Waals surface area contributed by atoms with E-state index >= 15 is 0 Å². The molecule has 26 heavy (non-hydrogen) atoms. The topological polar surface area (TPSA) is 112 Å². The van der Waals surface area contributed by atoms with Gasteiger partial charge in [0.25, 0.3) is 5.91 Å². The SMILES string of the molecule is CNC(=O)NC(CCN(C)C)c1ccc(C(=O)Nc2cscc2N)nc1. The van der Waals surface area contributed by atoms with Gasteiger partial charge in [-0.1, -0.05) is 6.07 Å². The monoisotopic (exact) mass is 376 g/mol. The van der Waals surface area contributed by atoms with Gasteiger partial charge in [-0.15, -0.1) is 11.3 Å². The minimum atomic E-state index is -0.328. The second-order valence-corrected chi connectivity index (χ2v) is 6.78. The number of nitrogens with two attached hydrogens (primary N) is 1. The van der Waals surface area contributed by atoms with Gasteiger partial charge >= 0.3 is 6.03 Å². The molecule has 0 aliphatic heterocycles. The van der Waals surface area contributed by atoms with Gasteiger partial charge in [0, 0.05) is 24.0 Å². The van der Waals surface area contributed by atoms with E-state index in [0.717, 1.165) is 18.5 Å². The largest absolute Gasteiger partial charge is 0.396 e. The summed E-state index contributed by atoms with van der Waals surface area (Å²) < 4.78 is 0. The van der Waals surface area contributed by atoms with Gasteiger partial charge in [-0.2, -0.15) is 0 Å². The number of nitrogen functional groups attached to an aromatic ring is 1. The van der Waals surface area contributed by atoms with Crippen LogP contribution in [-0.4, -0.2) is 49.5 Å². The molecule has 2 aromatic heterocycles. The van der Waals surface area contributed by atoms with Crippen LogP contribution in [0.2, 0.25) is 0 Å². The summed E-state index contributed by atoms with van der Waals surface area (Å²) >= 11 is 1.42. The second kappa shape index (κ2) is 9.16. The second-order valence-electron chi connectivity index (χ2n) is 6.04. The Morgan fingerprint density at radius 1 is 1.31 bits per heavy atom. The van der Waals surface area contributed by atoms with E-state index < -0.39 is 0 Å². The van der Waals surface area contributed by atoms with Crippen molar-refractivity contribution in [2.45, 2.75) is 12.5 Å². The molecular formula is C17H24N6O2S. The molecule has 9 heteroatoms. The number of hydrogen-bond acceptors (Lipinski definition) is 6. The Bertz CT molecular complexity index is 744. The Kier molecular flexibility index (Phi) is 6.93. The summed E-state index contributed by atoms with van der Waals surface area (Å²) in [7, 11) is 5.51. The minimum Gasteiger partial charge on any atom is -0.396 e. The Morgan fingerprint density at radius 3 is 2.62 bits per heavy atom. The molecule has 0 bridgehead atoms. The number of nitrogens with zero attached hydrogens (tertiary/aromatic N) is 2. The summed E-state index contributed by atoms with van der Waals surface area (Å²) in [4.78, 5) is 30.2. The molecule has 2 heterocycles. The standard InChI is InChI=1S/C17H24N6O2S/c1-19-17(25)22-13(6-7-23(2)3)11-4-5-14(20-8-11)16(24)21-15-10-26-9-12(15)18/h4-5,8-10,13H,6-7,18H2,1-3H3,(H,21,24)(H2,19,22,25). The molecule has 140 valence electrons. The molecule has 0 aromatic carbocycles. The predicted molar refractivity (Wildman–Crippen MR) is 104 cm³/mol. The van der Waals surface area contributed by atoms with Crippen LogP contribution in [0, 0.1) is 0 Å². The maximum Gasteiger partial charge on any atom is 0.315 e. The molecule has 2 rings (SSSR count). The van der Waals surface area contributed by atoms with E-state index in [1.54, 1.807) is 36.1 Å². The van der Waals surface area contributed by atoms with Crippen LogP contribution in [-0.2, 0) is 0 Å². The normalized spacial score (nSPS) is 11.8. The molecule has 0 radical (unpaired) electrons. The quantitative estimate of drug-likeness (QED) is 0.590. The van der Waals surface area contributed by atoms with E-state index in [-0.39, 0.29) is 23.7 Å². The Balaban J connectivity index is 2.09. The zero-order chi connectivity index (χ0) is 19.1. The van der Waals surface area contributed by atoms with Gasteiger partial charge < -0.3 is 26.6 Å². The lowest BCUT2D eigenvalue weighted by molar-refractivity contribution is 0.102. The molecule has 0 saturated heterocycles. The Morgan fingerprint density at radius 2 is 2.08 bits per heavy atom. The highest BCUT2D eigenvalue weighted by molar-refractivity contribution is 7.09. The summed E-state index contributed by atoms with van der Waals surface area (Å²) in [5.41, 5.74) is 8.00. The third-order valence-electron chi connectivity index (χ3n) is 3.76. The van der Waals surface area contributed by atoms with E-state index in [1.807, 2.05) is 19.0 Å². The van der Waals surface area contributed by atoms with Gasteiger partial charge in [-0.3, -0.25) is 9.78 Å². The molecule has 3 amide bonds. The smallest absolute Gasteiger partial charge is 0.315 e. The van der Waals surface area contributed by atoms with E-state index in [4.69, 9.17) is 5.73 Å². The number of urea groups is 1. The first kappa shape index (κ1) is 19.7. The molecule has 1 atom stereocenters. The summed E-state index contributed by atoms with van der Waals surface area (Å²) in [6.45, 7) is 0.800. The van der Waals surface area contributed by atoms with E-state index in [0.29, 0.717) is 11.4 Å². The van der Waals surface area contributed by atoms with Crippen molar-refractivity contribution in [3.05, 3.63) is 40.3 Å². The van der Waals surface area contributed by atoms with Crippen molar-refractivity contribution in [2.75, 3.05) is 38.7 Å². The third-order valence-corrected chi connectivity index (χ3v) is 4.52. The van der Waals surface area contributed by atoms with Crippen molar-refractivity contribution in [2.24, 2.45) is 0 Å². The Labute approximate surface area is 156 Å². The van der Waals surface area contributed by atoms with Gasteiger partial charge in [0.1, 0.15) is 5.69 Å². The van der Waals surface area contributed by atoms with E-state index in [2.05, 4.69) is 20.9 Å². The number of carbonyl (C=O) groups excluding carboxylic acids is 2. The molecule has 5 N–H and O–H groups in total. The summed E-state index contributed by atoms with van der Waals surface area (Å²) in [5.74, 6) is -0.328. The number of anilines is 2. The van der Waals surface area contributed by atoms with E-state index in [9.17, 15) is 9.59 Å². The molecular weight excluding hydrogens is 352 g/mol. The lowest BCUT2D eigenvalue weighted by Gasteiger charge is -2.21. The Hall–Kier alpha value is -2.65. The third kappa shape index (κ3) is 5.43. The van der Waals surface area contributed by atoms with Crippen molar-refractivity contribution in [3.63, 3.8) is 0 Å². The highest BCUT2D eigenvalue weighted by Gasteiger charge is 2.16. The highest BCUT2D eigenvalue weighted by atomic mass is 32.1. The average Bonchev–Trinajstić information content (AvgIpc) is 3.03. The van der Waals surface area contributed by atoms with Crippen LogP contribution in [0.1, 0.15) is 28.5 Å². The van der Waals surface area contributed by atoms with E-state index in [1.165, 1.54) is 11.3 Å². The van der Waals surface area contributed by atoms with Gasteiger partial charge in [-0.25, -0.2) is 4.79 Å². The first-order valence-electron chi connectivity index (χ1n) is 8.12. The van der Waals surface area contributed by atoms with Crippen LogP contribution in [0.15, 0.2) is 29.1 Å². The van der Waals surface area contributed by atoms with Crippen molar-refractivity contribution in [3.8, 4) is 0 Å². The zero-order valence-corrected chi connectivity index (χ0v) is 15.9. The summed E-state index contributed by atoms with van der Waals surface area (Å²) in [5, 5.41) is 11.7. The molecule has 1 unspecified atom stereocenters. The van der Waals surface area contributed by atoms with Gasteiger partial charge in [0.2, 0.25) is 0 Å². The van der Waals surface area contributed by atoms with Gasteiger partial charge in [0.05, 0.1) is 17.4 Å². The van der Waals surface area contributed by atoms with Crippen molar-refractivity contribution >= 4 is 34.6 Å². The van der Waals surface area contributed by atoms with Crippen LogP contribution in [0.4, 0.5) is 16.2 Å². The van der Waals surface area contributed by atoms with Crippen molar-refractivity contribution < 1.29 is 9.59 Å². The lowest BCUT2D eigenvalue weighted by atomic mass is 10.1. The molecule has 0 aliphatic rings. The maximum absolute atomic E-state index is 12.3. The number of pyridine rings is 1. The first-order chi connectivity index (χ1) is 12.4. The molecule has 0 aliphatic carbocycles. The minimum absolute atomic E-state index is 0.200. The summed E-state index contributed by atoms with van der Waals surface area (Å²) in [6, 6.07) is 2.98. The lowest BCUT2D eigenvalue weighted by Crippen LogP contribution is -2.37. The molecule has 0 spiro atoms. The van der Waals surface area contributed by atoms with Crippen molar-refractivity contribution in [1.82, 2.24) is 20.5 Å². The first-order valence-corrected chi connectivity index (χ1v) is 9.07. The molecule has 8 nitrogen and oxygen atoms in total. The zero-order valence-electron chi connectivity index (χ0n) is 15.1. The van der Waals surface area contributed by atoms with Crippen molar-refractivity contribution in [1.29, 1.82) is 0 Å². The number of rotatable bonds is 7. The number of hydrogen-bond donors (Lipinski definition) is 4. The van der Waals surface area contributed by atoms with Crippen LogP contribution in [0.5, 0.6) is 0 Å². The van der Waals surface area contributed by atoms with Crippen LogP contribution < -0.4 is 21.7 Å². The predicted octanol–water partition coefficient (Wildman–Crippen LogP) is 1.90. The fraction of sp³-hybridized carbons (Fsp3) is 0.353. The van der Waals surface area contributed by atoms with Crippen LogP contribution in [0.3, 0.4) is 0 Å².